The molecule has 0 bridgehead atoms. The highest BCUT2D eigenvalue weighted by molar-refractivity contribution is 5.83. The molecule has 1 aliphatic rings. The average Bonchev–Trinajstić information content (AvgIpc) is 1.95. The van der Waals surface area contributed by atoms with Crippen molar-refractivity contribution >= 4 is 5.84 Å². The molecule has 2 atom stereocenters. The lowest BCUT2D eigenvalue weighted by molar-refractivity contribution is 0.515. The molecule has 0 aromatic rings. The average molecular weight is 137 g/mol. The first-order valence-corrected chi connectivity index (χ1v) is 3.43. The minimum atomic E-state index is 0.0855. The molecular weight excluding hydrogens is 126 g/mol. The number of nitrogens with zero attached hydrogens (tertiary/aromatic N) is 2. The van der Waals surface area contributed by atoms with Crippen molar-refractivity contribution in [2.45, 2.75) is 13.3 Å². The van der Waals surface area contributed by atoms with Crippen LogP contribution < -0.4 is 5.73 Å². The Hall–Kier alpha value is -1.04. The lowest BCUT2D eigenvalue weighted by Crippen LogP contribution is -2.29. The number of amidine groups is 1. The van der Waals surface area contributed by atoms with E-state index in [-0.39, 0.29) is 5.92 Å². The second-order valence-corrected chi connectivity index (χ2v) is 2.73. The van der Waals surface area contributed by atoms with Crippen molar-refractivity contribution in [2.24, 2.45) is 22.6 Å². The Morgan fingerprint density at radius 2 is 2.50 bits per heavy atom. The molecule has 54 valence electrons. The molecule has 0 aromatic heterocycles. The molecule has 0 amide bonds. The molecule has 0 saturated heterocycles. The van der Waals surface area contributed by atoms with Gasteiger partial charge in [-0.15, -0.1) is 0 Å². The predicted molar refractivity (Wildman–Crippen MR) is 39.4 cm³/mol. The first-order valence-electron chi connectivity index (χ1n) is 3.43. The van der Waals surface area contributed by atoms with Crippen molar-refractivity contribution in [2.75, 3.05) is 6.54 Å². The van der Waals surface area contributed by atoms with Gasteiger partial charge in [-0.25, -0.2) is 0 Å². The minimum absolute atomic E-state index is 0.0855. The fourth-order valence-electron chi connectivity index (χ4n) is 1.09. The van der Waals surface area contributed by atoms with Crippen LogP contribution >= 0.6 is 0 Å². The molecule has 1 rings (SSSR count). The molecular formula is C7H11N3. The molecule has 0 saturated carbocycles. The summed E-state index contributed by atoms with van der Waals surface area (Å²) in [6.07, 6.45) is 0.867. The van der Waals surface area contributed by atoms with E-state index in [9.17, 15) is 0 Å². The molecule has 3 heteroatoms. The lowest BCUT2D eigenvalue weighted by Gasteiger charge is -2.19. The molecule has 10 heavy (non-hydrogen) atoms. The maximum absolute atomic E-state index is 8.53. The van der Waals surface area contributed by atoms with Crippen LogP contribution in [0.25, 0.3) is 0 Å². The van der Waals surface area contributed by atoms with Gasteiger partial charge in [-0.05, 0) is 6.42 Å². The smallest absolute Gasteiger partial charge is 0.0966 e. The van der Waals surface area contributed by atoms with Crippen LogP contribution in [0.15, 0.2) is 4.99 Å². The van der Waals surface area contributed by atoms with Gasteiger partial charge in [0.05, 0.1) is 24.4 Å². The Morgan fingerprint density at radius 1 is 1.80 bits per heavy atom. The molecule has 0 spiro atoms. The number of rotatable bonds is 0. The molecule has 0 aromatic carbocycles. The van der Waals surface area contributed by atoms with Gasteiger partial charge in [0.2, 0.25) is 0 Å². The van der Waals surface area contributed by atoms with Gasteiger partial charge < -0.3 is 5.73 Å². The Morgan fingerprint density at radius 3 is 3.00 bits per heavy atom. The number of aliphatic imine (C=N–C) groups is 1. The van der Waals surface area contributed by atoms with Crippen LogP contribution in [-0.2, 0) is 0 Å². The second-order valence-electron chi connectivity index (χ2n) is 2.73. The van der Waals surface area contributed by atoms with Crippen LogP contribution in [-0.4, -0.2) is 12.4 Å². The first kappa shape index (κ1) is 7.07. The van der Waals surface area contributed by atoms with Gasteiger partial charge in [0.25, 0.3) is 0 Å². The summed E-state index contributed by atoms with van der Waals surface area (Å²) in [4.78, 5) is 4.04. The molecule has 3 nitrogen and oxygen atoms in total. The maximum Gasteiger partial charge on any atom is 0.0966 e. The van der Waals surface area contributed by atoms with Crippen molar-refractivity contribution in [3.63, 3.8) is 0 Å². The summed E-state index contributed by atoms with van der Waals surface area (Å²) < 4.78 is 0. The van der Waals surface area contributed by atoms with Gasteiger partial charge in [0.15, 0.2) is 0 Å². The molecule has 0 aliphatic carbocycles. The van der Waals surface area contributed by atoms with Crippen molar-refractivity contribution in [3.8, 4) is 6.07 Å². The van der Waals surface area contributed by atoms with E-state index >= 15 is 0 Å². The molecule has 2 N–H and O–H groups in total. The summed E-state index contributed by atoms with van der Waals surface area (Å²) in [5.41, 5.74) is 5.54. The summed E-state index contributed by atoms with van der Waals surface area (Å²) in [5, 5.41) is 8.53. The Labute approximate surface area is 60.6 Å². The van der Waals surface area contributed by atoms with E-state index in [2.05, 4.69) is 11.1 Å². The third-order valence-corrected chi connectivity index (χ3v) is 1.82. The van der Waals surface area contributed by atoms with Crippen molar-refractivity contribution in [3.05, 3.63) is 0 Å². The Kier molecular flexibility index (Phi) is 1.91. The lowest BCUT2D eigenvalue weighted by atomic mass is 9.93. The van der Waals surface area contributed by atoms with Gasteiger partial charge in [0.1, 0.15) is 0 Å². The van der Waals surface area contributed by atoms with Crippen molar-refractivity contribution in [1.82, 2.24) is 0 Å². The van der Waals surface area contributed by atoms with Gasteiger partial charge >= 0.3 is 0 Å². The third-order valence-electron chi connectivity index (χ3n) is 1.82. The maximum atomic E-state index is 8.53. The van der Waals surface area contributed by atoms with Gasteiger partial charge in [-0.1, -0.05) is 6.92 Å². The summed E-state index contributed by atoms with van der Waals surface area (Å²) >= 11 is 0. The molecule has 1 aliphatic heterocycles. The topological polar surface area (TPSA) is 62.2 Å². The van der Waals surface area contributed by atoms with Gasteiger partial charge in [-0.2, -0.15) is 5.26 Å². The number of nitrogens with two attached hydrogens (primary N) is 1. The van der Waals surface area contributed by atoms with Crippen LogP contribution in [0.5, 0.6) is 0 Å². The van der Waals surface area contributed by atoms with Crippen LogP contribution in [0.1, 0.15) is 13.3 Å². The summed E-state index contributed by atoms with van der Waals surface area (Å²) in [7, 11) is 0. The van der Waals surface area contributed by atoms with Gasteiger partial charge in [0, 0.05) is 5.92 Å². The quantitative estimate of drug-likeness (QED) is 0.529. The molecule has 1 heterocycles. The fraction of sp³-hybridized carbons (Fsp3) is 0.714. The van der Waals surface area contributed by atoms with Crippen LogP contribution in [0.2, 0.25) is 0 Å². The summed E-state index contributed by atoms with van der Waals surface area (Å²) in [5.74, 6) is 1.08. The fourth-order valence-corrected chi connectivity index (χ4v) is 1.09. The first-order chi connectivity index (χ1) is 4.74. The zero-order valence-electron chi connectivity index (χ0n) is 6.04. The molecule has 2 unspecified atom stereocenters. The highest BCUT2D eigenvalue weighted by Gasteiger charge is 2.19. The summed E-state index contributed by atoms with van der Waals surface area (Å²) in [6.45, 7) is 2.59. The zero-order chi connectivity index (χ0) is 7.56. The van der Waals surface area contributed by atoms with Crippen molar-refractivity contribution in [1.29, 1.82) is 5.26 Å². The monoisotopic (exact) mass is 137 g/mol. The highest BCUT2D eigenvalue weighted by atomic mass is 14.9. The number of hydrogen-bond acceptors (Lipinski definition) is 3. The zero-order valence-corrected chi connectivity index (χ0v) is 6.04. The minimum Gasteiger partial charge on any atom is -0.387 e. The number of hydrogen-bond donors (Lipinski definition) is 1. The van der Waals surface area contributed by atoms with Gasteiger partial charge in [-0.3, -0.25) is 4.99 Å². The summed E-state index contributed by atoms with van der Waals surface area (Å²) in [6, 6.07) is 2.19. The Bertz CT molecular complexity index is 190. The normalized spacial score (nSPS) is 32.6. The highest BCUT2D eigenvalue weighted by Crippen LogP contribution is 2.16. The van der Waals surface area contributed by atoms with E-state index in [0.29, 0.717) is 18.3 Å². The van der Waals surface area contributed by atoms with E-state index < -0.39 is 0 Å². The van der Waals surface area contributed by atoms with Crippen molar-refractivity contribution < 1.29 is 0 Å². The largest absolute Gasteiger partial charge is 0.387 e. The van der Waals surface area contributed by atoms with E-state index in [0.717, 1.165) is 6.42 Å². The van der Waals surface area contributed by atoms with Crippen LogP contribution in [0.3, 0.4) is 0 Å². The Balaban J connectivity index is 2.61. The van der Waals surface area contributed by atoms with Crippen LogP contribution in [0.4, 0.5) is 0 Å². The predicted octanol–water partition coefficient (Wildman–Crippen LogP) is 0.523. The standard InChI is InChI=1S/C7H11N3/c1-5-2-6(3-8)4-10-7(5)9/h5-6H,2,4H2,1H3,(H2,9,10). The van der Waals surface area contributed by atoms with E-state index in [1.54, 1.807) is 0 Å². The third kappa shape index (κ3) is 1.27. The van der Waals surface area contributed by atoms with E-state index in [1.165, 1.54) is 0 Å². The van der Waals surface area contributed by atoms with E-state index in [1.807, 2.05) is 6.92 Å². The molecule has 0 radical (unpaired) electrons. The second kappa shape index (κ2) is 2.70. The van der Waals surface area contributed by atoms with E-state index in [4.69, 9.17) is 11.0 Å². The number of nitriles is 1. The van der Waals surface area contributed by atoms with Crippen LogP contribution in [0, 0.1) is 23.2 Å². The molecule has 0 fully saturated rings. The SMILES string of the molecule is CC1CC(C#N)CN=C1N.